The average molecular weight is 527 g/mol. The summed E-state index contributed by atoms with van der Waals surface area (Å²) in [4.78, 5) is 17.7. The van der Waals surface area contributed by atoms with Gasteiger partial charge in [0, 0.05) is 45.3 Å². The number of methoxy groups -OCH3 is 1. The molecule has 0 saturated carbocycles. The zero-order valence-corrected chi connectivity index (χ0v) is 22.8. The molecule has 198 valence electrons. The predicted octanol–water partition coefficient (Wildman–Crippen LogP) is 3.92. The number of benzene rings is 2. The highest BCUT2D eigenvalue weighted by Crippen LogP contribution is 2.39. The van der Waals surface area contributed by atoms with Crippen molar-refractivity contribution in [3.05, 3.63) is 52.3 Å². The maximum absolute atomic E-state index is 12.9. The minimum atomic E-state index is -0.379. The maximum atomic E-state index is 12.9. The molecule has 0 unspecified atom stereocenters. The van der Waals surface area contributed by atoms with E-state index < -0.39 is 0 Å². The zero-order valence-electron chi connectivity index (χ0n) is 22.1. The fraction of sp³-hybridized carbons (Fsp3) is 0.444. The minimum absolute atomic E-state index is 0.0276. The molecular weight excluding hydrogens is 492 g/mol. The van der Waals surface area contributed by atoms with Crippen LogP contribution in [-0.2, 0) is 6.54 Å². The monoisotopic (exact) mass is 526 g/mol. The second kappa shape index (κ2) is 11.5. The molecule has 0 atom stereocenters. The molecule has 1 fully saturated rings. The van der Waals surface area contributed by atoms with E-state index in [4.69, 9.17) is 16.3 Å². The normalized spacial score (nSPS) is 14.8. The Balaban J connectivity index is 1.79. The summed E-state index contributed by atoms with van der Waals surface area (Å²) >= 11 is 6.83. The van der Waals surface area contributed by atoms with Crippen molar-refractivity contribution in [3.63, 3.8) is 0 Å². The maximum Gasteiger partial charge on any atom is 0.289 e. The van der Waals surface area contributed by atoms with Gasteiger partial charge in [0.2, 0.25) is 5.82 Å². The van der Waals surface area contributed by atoms with E-state index in [1.807, 2.05) is 45.0 Å². The summed E-state index contributed by atoms with van der Waals surface area (Å²) in [5, 5.41) is 22.7. The molecule has 37 heavy (non-hydrogen) atoms. The van der Waals surface area contributed by atoms with Gasteiger partial charge in [0.05, 0.1) is 23.4 Å². The number of nitrogens with zero attached hydrogens (tertiary/aromatic N) is 5. The van der Waals surface area contributed by atoms with Crippen LogP contribution in [0.4, 0.5) is 0 Å². The van der Waals surface area contributed by atoms with Gasteiger partial charge >= 0.3 is 0 Å². The Morgan fingerprint density at radius 2 is 1.89 bits per heavy atom. The smallest absolute Gasteiger partial charge is 0.289 e. The number of nitrogens with one attached hydrogen (secondary N) is 1. The van der Waals surface area contributed by atoms with Crippen LogP contribution in [0.5, 0.6) is 11.5 Å². The molecule has 0 aliphatic carbocycles. The number of carbonyl (C=O) groups excluding carboxylic acids is 1. The van der Waals surface area contributed by atoms with Gasteiger partial charge in [-0.25, -0.2) is 0 Å². The van der Waals surface area contributed by atoms with Gasteiger partial charge in [-0.15, -0.1) is 10.2 Å². The first-order valence-electron chi connectivity index (χ1n) is 12.6. The topological polar surface area (TPSA) is 95.8 Å². The summed E-state index contributed by atoms with van der Waals surface area (Å²) in [6, 6.07) is 9.21. The van der Waals surface area contributed by atoms with Crippen LogP contribution in [0.1, 0.15) is 48.4 Å². The quantitative estimate of drug-likeness (QED) is 0.459. The number of hydrogen-bond donors (Lipinski definition) is 2. The van der Waals surface area contributed by atoms with Crippen molar-refractivity contribution >= 4 is 17.5 Å². The van der Waals surface area contributed by atoms with E-state index >= 15 is 0 Å². The molecule has 10 heteroatoms. The van der Waals surface area contributed by atoms with E-state index in [1.54, 1.807) is 17.7 Å². The lowest BCUT2D eigenvalue weighted by Crippen LogP contribution is -2.43. The minimum Gasteiger partial charge on any atom is -0.507 e. The summed E-state index contributed by atoms with van der Waals surface area (Å²) < 4.78 is 7.08. The molecule has 0 bridgehead atoms. The van der Waals surface area contributed by atoms with Gasteiger partial charge in [-0.2, -0.15) is 0 Å². The molecule has 4 rings (SSSR count). The first-order valence-corrected chi connectivity index (χ1v) is 13.0. The Labute approximate surface area is 223 Å². The fourth-order valence-electron chi connectivity index (χ4n) is 4.56. The molecule has 1 aliphatic rings. The SMILES string of the molecule is CCNC(=O)c1nnc(-c2cc(C(C)C)c(OC)cc2O)n1-c1ccc(CN2CCN(C)CC2)cc1Cl. The molecule has 2 aromatic carbocycles. The lowest BCUT2D eigenvalue weighted by molar-refractivity contribution is 0.0943. The third-order valence-corrected chi connectivity index (χ3v) is 6.97. The summed E-state index contributed by atoms with van der Waals surface area (Å²) in [6.07, 6.45) is 0. The van der Waals surface area contributed by atoms with Gasteiger partial charge in [-0.05, 0) is 49.2 Å². The van der Waals surface area contributed by atoms with Gasteiger partial charge < -0.3 is 20.1 Å². The number of hydrogen-bond acceptors (Lipinski definition) is 7. The zero-order chi connectivity index (χ0) is 26.7. The largest absolute Gasteiger partial charge is 0.507 e. The highest BCUT2D eigenvalue weighted by atomic mass is 35.5. The lowest BCUT2D eigenvalue weighted by atomic mass is 9.98. The highest BCUT2D eigenvalue weighted by Gasteiger charge is 2.26. The van der Waals surface area contributed by atoms with E-state index in [1.165, 1.54) is 0 Å². The van der Waals surface area contributed by atoms with Gasteiger partial charge in [0.1, 0.15) is 11.5 Å². The third kappa shape index (κ3) is 5.74. The Hall–Kier alpha value is -3.14. The molecule has 3 aromatic rings. The number of aromatic nitrogens is 3. The molecule has 1 saturated heterocycles. The molecule has 2 N–H and O–H groups in total. The van der Waals surface area contributed by atoms with Crippen molar-refractivity contribution < 1.29 is 14.6 Å². The average Bonchev–Trinajstić information content (AvgIpc) is 3.30. The first-order chi connectivity index (χ1) is 17.7. The van der Waals surface area contributed by atoms with E-state index in [2.05, 4.69) is 32.4 Å². The number of rotatable bonds is 8. The van der Waals surface area contributed by atoms with Crippen LogP contribution in [0.3, 0.4) is 0 Å². The van der Waals surface area contributed by atoms with Crippen molar-refractivity contribution in [3.8, 4) is 28.6 Å². The number of piperazine rings is 1. The Morgan fingerprint density at radius 3 is 2.51 bits per heavy atom. The van der Waals surface area contributed by atoms with Crippen LogP contribution in [0.2, 0.25) is 5.02 Å². The summed E-state index contributed by atoms with van der Waals surface area (Å²) in [6.45, 7) is 11.2. The van der Waals surface area contributed by atoms with Crippen LogP contribution < -0.4 is 10.1 Å². The second-order valence-electron chi connectivity index (χ2n) is 9.67. The molecule has 1 amide bonds. The molecule has 1 aliphatic heterocycles. The molecule has 1 aromatic heterocycles. The van der Waals surface area contributed by atoms with Crippen molar-refractivity contribution in [2.24, 2.45) is 0 Å². The Kier molecular flexibility index (Phi) is 8.36. The first kappa shape index (κ1) is 26.9. The summed E-state index contributed by atoms with van der Waals surface area (Å²) in [7, 11) is 3.70. The van der Waals surface area contributed by atoms with Crippen molar-refractivity contribution in [2.75, 3.05) is 46.9 Å². The number of ether oxygens (including phenoxy) is 1. The van der Waals surface area contributed by atoms with E-state index in [0.29, 0.717) is 34.4 Å². The van der Waals surface area contributed by atoms with Crippen molar-refractivity contribution in [2.45, 2.75) is 33.2 Å². The van der Waals surface area contributed by atoms with E-state index in [-0.39, 0.29) is 23.4 Å². The van der Waals surface area contributed by atoms with Gasteiger partial charge in [-0.3, -0.25) is 14.3 Å². The van der Waals surface area contributed by atoms with E-state index in [0.717, 1.165) is 43.9 Å². The van der Waals surface area contributed by atoms with Crippen molar-refractivity contribution in [1.82, 2.24) is 29.9 Å². The van der Waals surface area contributed by atoms with Crippen LogP contribution in [-0.4, -0.2) is 82.5 Å². The Bertz CT molecular complexity index is 1270. The molecule has 9 nitrogen and oxygen atoms in total. The molecule has 0 radical (unpaired) electrons. The lowest BCUT2D eigenvalue weighted by Gasteiger charge is -2.32. The standard InChI is InChI=1S/C27H35ClN6O3/c1-6-29-27(36)26-31-30-25(20-14-19(17(2)3)24(37-5)15-23(20)35)34(26)22-8-7-18(13-21(22)28)16-33-11-9-32(4)10-12-33/h7-8,13-15,17,35H,6,9-12,16H2,1-5H3,(H,29,36). The summed E-state index contributed by atoms with van der Waals surface area (Å²) in [5.74, 6) is 0.712. The van der Waals surface area contributed by atoms with E-state index in [9.17, 15) is 9.90 Å². The number of likely N-dealkylation sites (N-methyl/N-ethyl adjacent to an activating group) is 1. The van der Waals surface area contributed by atoms with Crippen LogP contribution in [0.25, 0.3) is 17.1 Å². The van der Waals surface area contributed by atoms with Crippen molar-refractivity contribution in [1.29, 1.82) is 0 Å². The summed E-state index contributed by atoms with van der Waals surface area (Å²) in [5.41, 5.74) is 2.98. The molecule has 0 spiro atoms. The predicted molar refractivity (Wildman–Crippen MR) is 145 cm³/mol. The number of halogens is 1. The number of aromatic hydroxyl groups is 1. The second-order valence-corrected chi connectivity index (χ2v) is 10.1. The van der Waals surface area contributed by atoms with Crippen LogP contribution in [0.15, 0.2) is 30.3 Å². The van der Waals surface area contributed by atoms with Crippen LogP contribution >= 0.6 is 11.6 Å². The Morgan fingerprint density at radius 1 is 1.16 bits per heavy atom. The van der Waals surface area contributed by atoms with Gasteiger partial charge in [0.15, 0.2) is 5.82 Å². The van der Waals surface area contributed by atoms with Crippen LogP contribution in [0, 0.1) is 0 Å². The highest BCUT2D eigenvalue weighted by molar-refractivity contribution is 6.32. The number of amides is 1. The third-order valence-electron chi connectivity index (χ3n) is 6.67. The number of carbonyl (C=O) groups is 1. The molecular formula is C27H35ClN6O3. The fourth-order valence-corrected chi connectivity index (χ4v) is 4.85. The number of phenols is 1. The van der Waals surface area contributed by atoms with Gasteiger partial charge in [0.25, 0.3) is 5.91 Å². The molecule has 2 heterocycles. The van der Waals surface area contributed by atoms with Gasteiger partial charge in [-0.1, -0.05) is 31.5 Å². The number of phenolic OH excluding ortho intramolecular Hbond substituents is 1.